The SMILES string of the molecule is O=C(O)OCCOCCON(O)O. The molecule has 0 unspecified atom stereocenters. The third-order valence-corrected chi connectivity index (χ3v) is 0.888. The van der Waals surface area contributed by atoms with Crippen molar-refractivity contribution in [1.82, 2.24) is 5.39 Å². The van der Waals surface area contributed by atoms with Crippen LogP contribution in [0.5, 0.6) is 0 Å². The van der Waals surface area contributed by atoms with Crippen molar-refractivity contribution >= 4 is 6.16 Å². The minimum Gasteiger partial charge on any atom is -0.450 e. The van der Waals surface area contributed by atoms with Crippen LogP contribution in [0.4, 0.5) is 4.79 Å². The maximum absolute atomic E-state index is 9.80. The molecule has 0 aromatic heterocycles. The van der Waals surface area contributed by atoms with Gasteiger partial charge in [0, 0.05) is 0 Å². The fourth-order valence-electron chi connectivity index (χ4n) is 0.468. The van der Waals surface area contributed by atoms with Crippen molar-refractivity contribution in [3.8, 4) is 0 Å². The van der Waals surface area contributed by atoms with E-state index in [0.29, 0.717) is 0 Å². The minimum atomic E-state index is -1.36. The predicted molar refractivity (Wildman–Crippen MR) is 36.2 cm³/mol. The van der Waals surface area contributed by atoms with Gasteiger partial charge in [-0.2, -0.15) is 0 Å². The highest BCUT2D eigenvalue weighted by atomic mass is 17.1. The van der Waals surface area contributed by atoms with E-state index in [0.717, 1.165) is 0 Å². The van der Waals surface area contributed by atoms with Gasteiger partial charge < -0.3 is 14.6 Å². The predicted octanol–water partition coefficient (Wildman–Crippen LogP) is -0.290. The fraction of sp³-hybridized carbons (Fsp3) is 0.800. The van der Waals surface area contributed by atoms with Crippen LogP contribution in [-0.4, -0.2) is 53.5 Å². The largest absolute Gasteiger partial charge is 0.505 e. The second-order valence-electron chi connectivity index (χ2n) is 1.81. The number of carbonyl (C=O) groups is 1. The lowest BCUT2D eigenvalue weighted by Crippen LogP contribution is -2.18. The van der Waals surface area contributed by atoms with E-state index in [2.05, 4.69) is 9.57 Å². The molecule has 8 heteroatoms. The molecule has 0 saturated heterocycles. The van der Waals surface area contributed by atoms with Crippen LogP contribution in [0, 0.1) is 0 Å². The highest BCUT2D eigenvalue weighted by molar-refractivity contribution is 5.56. The molecule has 0 amide bonds. The third kappa shape index (κ3) is 11.1. The Hall–Kier alpha value is -0.930. The fourth-order valence-corrected chi connectivity index (χ4v) is 0.468. The zero-order valence-electron chi connectivity index (χ0n) is 6.75. The average molecular weight is 197 g/mol. The van der Waals surface area contributed by atoms with Crippen molar-refractivity contribution in [2.75, 3.05) is 26.4 Å². The summed E-state index contributed by atoms with van der Waals surface area (Å²) in [7, 11) is 0. The quantitative estimate of drug-likeness (QED) is 0.290. The molecule has 13 heavy (non-hydrogen) atoms. The lowest BCUT2D eigenvalue weighted by atomic mass is 10.7. The lowest BCUT2D eigenvalue weighted by Gasteiger charge is -2.06. The van der Waals surface area contributed by atoms with Gasteiger partial charge in [0.25, 0.3) is 0 Å². The third-order valence-electron chi connectivity index (χ3n) is 0.888. The van der Waals surface area contributed by atoms with Gasteiger partial charge in [0.15, 0.2) is 0 Å². The molecule has 0 aromatic carbocycles. The molecule has 8 nitrogen and oxygen atoms in total. The maximum atomic E-state index is 9.80. The van der Waals surface area contributed by atoms with Gasteiger partial charge in [-0.25, -0.2) is 9.63 Å². The van der Waals surface area contributed by atoms with Crippen molar-refractivity contribution in [2.24, 2.45) is 0 Å². The van der Waals surface area contributed by atoms with Gasteiger partial charge in [0.05, 0.1) is 25.2 Å². The first-order valence-corrected chi connectivity index (χ1v) is 3.37. The van der Waals surface area contributed by atoms with Crippen LogP contribution in [0.2, 0.25) is 0 Å². The number of rotatable bonds is 7. The summed E-state index contributed by atoms with van der Waals surface area (Å²) in [6.07, 6.45) is -1.36. The van der Waals surface area contributed by atoms with E-state index in [1.807, 2.05) is 0 Å². The molecular weight excluding hydrogens is 186 g/mol. The molecule has 0 saturated carbocycles. The van der Waals surface area contributed by atoms with Crippen molar-refractivity contribution in [3.05, 3.63) is 0 Å². The van der Waals surface area contributed by atoms with E-state index >= 15 is 0 Å². The number of carboxylic acid groups (broad SMARTS) is 1. The molecule has 0 aliphatic rings. The van der Waals surface area contributed by atoms with E-state index in [1.165, 1.54) is 0 Å². The summed E-state index contributed by atoms with van der Waals surface area (Å²) in [5.41, 5.74) is 0. The second kappa shape index (κ2) is 7.71. The summed E-state index contributed by atoms with van der Waals surface area (Å²) in [6, 6.07) is 0. The van der Waals surface area contributed by atoms with Crippen LogP contribution in [0.15, 0.2) is 0 Å². The normalized spacial score (nSPS) is 10.4. The van der Waals surface area contributed by atoms with E-state index in [9.17, 15) is 4.79 Å². The Morgan fingerprint density at radius 2 is 1.77 bits per heavy atom. The summed E-state index contributed by atoms with van der Waals surface area (Å²) in [4.78, 5) is 13.9. The Kier molecular flexibility index (Phi) is 7.15. The van der Waals surface area contributed by atoms with Crippen molar-refractivity contribution < 1.29 is 34.6 Å². The topological polar surface area (TPSA) is 109 Å². The van der Waals surface area contributed by atoms with Crippen molar-refractivity contribution in [2.45, 2.75) is 0 Å². The van der Waals surface area contributed by atoms with Gasteiger partial charge in [-0.15, -0.1) is 0 Å². The summed E-state index contributed by atoms with van der Waals surface area (Å²) < 4.78 is 8.88. The molecule has 0 aliphatic carbocycles. The Balaban J connectivity index is 2.96. The Morgan fingerprint density at radius 1 is 1.15 bits per heavy atom. The maximum Gasteiger partial charge on any atom is 0.505 e. The summed E-state index contributed by atoms with van der Waals surface area (Å²) in [6.45, 7) is 0.0600. The molecule has 0 heterocycles. The first kappa shape index (κ1) is 12.1. The van der Waals surface area contributed by atoms with Gasteiger partial charge in [0.1, 0.15) is 6.61 Å². The highest BCUT2D eigenvalue weighted by Gasteiger charge is 1.96. The summed E-state index contributed by atoms with van der Waals surface area (Å²) >= 11 is 0. The highest BCUT2D eigenvalue weighted by Crippen LogP contribution is 1.82. The molecule has 0 atom stereocenters. The van der Waals surface area contributed by atoms with E-state index in [-0.39, 0.29) is 26.4 Å². The second-order valence-corrected chi connectivity index (χ2v) is 1.81. The van der Waals surface area contributed by atoms with E-state index in [1.54, 1.807) is 0 Å². The molecular formula is C5H11NO7. The van der Waals surface area contributed by atoms with Crippen LogP contribution in [0.1, 0.15) is 0 Å². The molecule has 0 aliphatic heterocycles. The Bertz CT molecular complexity index is 139. The van der Waals surface area contributed by atoms with Gasteiger partial charge in [0.2, 0.25) is 0 Å². The van der Waals surface area contributed by atoms with Gasteiger partial charge in [-0.05, 0) is 0 Å². The van der Waals surface area contributed by atoms with Gasteiger partial charge >= 0.3 is 6.16 Å². The number of nitrogens with zero attached hydrogens (tertiary/aromatic N) is 1. The van der Waals surface area contributed by atoms with Crippen LogP contribution in [0.25, 0.3) is 0 Å². The van der Waals surface area contributed by atoms with Crippen LogP contribution >= 0.6 is 0 Å². The molecule has 0 rings (SSSR count). The monoisotopic (exact) mass is 197 g/mol. The number of ether oxygens (including phenoxy) is 2. The van der Waals surface area contributed by atoms with Gasteiger partial charge in [-0.1, -0.05) is 0 Å². The Morgan fingerprint density at radius 3 is 2.31 bits per heavy atom. The molecule has 0 bridgehead atoms. The van der Waals surface area contributed by atoms with E-state index in [4.69, 9.17) is 20.3 Å². The minimum absolute atomic E-state index is 0.0555. The molecule has 0 aromatic rings. The standard InChI is InChI=1S/C5H11NO7/c7-5(8)12-3-1-11-2-4-13-6(9)10/h9-10H,1-4H2,(H,7,8). The first-order valence-electron chi connectivity index (χ1n) is 3.37. The molecule has 0 spiro atoms. The first-order chi connectivity index (χ1) is 6.13. The lowest BCUT2D eigenvalue weighted by molar-refractivity contribution is -0.493. The number of hydrogen-bond donors (Lipinski definition) is 3. The van der Waals surface area contributed by atoms with Crippen LogP contribution < -0.4 is 0 Å². The zero-order chi connectivity index (χ0) is 10.1. The van der Waals surface area contributed by atoms with Crippen LogP contribution in [0.3, 0.4) is 0 Å². The molecule has 78 valence electrons. The molecule has 3 N–H and O–H groups in total. The zero-order valence-corrected chi connectivity index (χ0v) is 6.75. The van der Waals surface area contributed by atoms with Crippen molar-refractivity contribution in [1.29, 1.82) is 0 Å². The Labute approximate surface area is 73.7 Å². The van der Waals surface area contributed by atoms with E-state index < -0.39 is 11.5 Å². The van der Waals surface area contributed by atoms with Crippen LogP contribution in [-0.2, 0) is 14.3 Å². The van der Waals surface area contributed by atoms with Gasteiger partial charge in [-0.3, -0.25) is 10.4 Å². The van der Waals surface area contributed by atoms with Crippen molar-refractivity contribution in [3.63, 3.8) is 0 Å². The molecule has 0 radical (unpaired) electrons. The molecule has 0 fully saturated rings. The average Bonchev–Trinajstić information content (AvgIpc) is 2.01. The summed E-state index contributed by atoms with van der Waals surface area (Å²) in [5.74, 6) is 0. The smallest absolute Gasteiger partial charge is 0.450 e. The number of hydrogen-bond acceptors (Lipinski definition) is 7. The summed E-state index contributed by atoms with van der Waals surface area (Å²) in [5, 5.41) is 23.7.